The van der Waals surface area contributed by atoms with Gasteiger partial charge >= 0.3 is 0 Å². The summed E-state index contributed by atoms with van der Waals surface area (Å²) in [5.41, 5.74) is 5.73. The molecule has 0 fully saturated rings. The van der Waals surface area contributed by atoms with Crippen LogP contribution in [0.4, 0.5) is 5.82 Å². The molecule has 1 heterocycles. The zero-order chi connectivity index (χ0) is 11.7. The lowest BCUT2D eigenvalue weighted by atomic mass is 10.1. The molecular weight excluding hydrogens is 222 g/mol. The highest BCUT2D eigenvalue weighted by atomic mass is 35.5. The minimum Gasteiger partial charge on any atom is -0.308 e. The molecule has 0 saturated heterocycles. The zero-order valence-corrected chi connectivity index (χ0v) is 10.1. The maximum atomic E-state index is 6.03. The number of benzene rings is 1. The van der Waals surface area contributed by atoms with Crippen molar-refractivity contribution >= 4 is 28.3 Å². The largest absolute Gasteiger partial charge is 0.308 e. The molecule has 3 N–H and O–H groups in total. The van der Waals surface area contributed by atoms with E-state index in [4.69, 9.17) is 17.4 Å². The Labute approximate surface area is 99.6 Å². The zero-order valence-electron chi connectivity index (χ0n) is 9.34. The number of hydrogen-bond acceptors (Lipinski definition) is 3. The van der Waals surface area contributed by atoms with E-state index >= 15 is 0 Å². The molecule has 16 heavy (non-hydrogen) atoms. The van der Waals surface area contributed by atoms with E-state index in [1.165, 1.54) is 0 Å². The SMILES string of the molecule is CCc1cc2cc(Cl)cc(C)c2nc1NN. The Kier molecular flexibility index (Phi) is 2.99. The average molecular weight is 236 g/mol. The standard InChI is InChI=1S/C12H14ClN3/c1-3-8-5-9-6-10(13)4-7(2)11(9)15-12(8)16-14/h4-6H,3,14H2,1-2H3,(H,15,16). The molecule has 0 atom stereocenters. The monoisotopic (exact) mass is 235 g/mol. The minimum absolute atomic E-state index is 0.737. The number of nitrogen functional groups attached to an aromatic ring is 1. The topological polar surface area (TPSA) is 50.9 Å². The van der Waals surface area contributed by atoms with Crippen LogP contribution in [0.3, 0.4) is 0 Å². The lowest BCUT2D eigenvalue weighted by Crippen LogP contribution is -2.11. The van der Waals surface area contributed by atoms with Crippen molar-refractivity contribution in [2.75, 3.05) is 5.43 Å². The second-order valence-electron chi connectivity index (χ2n) is 3.79. The fourth-order valence-electron chi connectivity index (χ4n) is 1.86. The van der Waals surface area contributed by atoms with E-state index in [1.807, 2.05) is 19.1 Å². The first kappa shape index (κ1) is 11.2. The van der Waals surface area contributed by atoms with Crippen LogP contribution in [0.2, 0.25) is 5.02 Å². The van der Waals surface area contributed by atoms with Gasteiger partial charge in [0.1, 0.15) is 5.82 Å². The maximum absolute atomic E-state index is 6.03. The number of nitrogens with one attached hydrogen (secondary N) is 1. The molecule has 84 valence electrons. The summed E-state index contributed by atoms with van der Waals surface area (Å²) in [5, 5.41) is 1.79. The Bertz CT molecular complexity index is 537. The van der Waals surface area contributed by atoms with E-state index in [0.717, 1.165) is 39.3 Å². The summed E-state index contributed by atoms with van der Waals surface area (Å²) in [6.45, 7) is 4.06. The number of anilines is 1. The summed E-state index contributed by atoms with van der Waals surface area (Å²) in [4.78, 5) is 4.51. The van der Waals surface area contributed by atoms with Crippen LogP contribution in [0.1, 0.15) is 18.1 Å². The lowest BCUT2D eigenvalue weighted by Gasteiger charge is -2.10. The second-order valence-corrected chi connectivity index (χ2v) is 4.22. The number of nitrogens with two attached hydrogens (primary N) is 1. The Morgan fingerprint density at radius 3 is 2.75 bits per heavy atom. The van der Waals surface area contributed by atoms with Crippen LogP contribution >= 0.6 is 11.6 Å². The van der Waals surface area contributed by atoms with Crippen LogP contribution in [-0.4, -0.2) is 4.98 Å². The summed E-state index contributed by atoms with van der Waals surface area (Å²) < 4.78 is 0. The molecule has 4 heteroatoms. The smallest absolute Gasteiger partial charge is 0.143 e. The molecule has 0 unspecified atom stereocenters. The molecule has 2 rings (SSSR count). The van der Waals surface area contributed by atoms with Gasteiger partial charge in [0.15, 0.2) is 0 Å². The van der Waals surface area contributed by atoms with Crippen LogP contribution in [0.25, 0.3) is 10.9 Å². The van der Waals surface area contributed by atoms with Gasteiger partial charge in [-0.2, -0.15) is 0 Å². The van der Waals surface area contributed by atoms with Crippen molar-refractivity contribution in [2.45, 2.75) is 20.3 Å². The highest BCUT2D eigenvalue weighted by molar-refractivity contribution is 6.31. The van der Waals surface area contributed by atoms with Gasteiger partial charge in [0.2, 0.25) is 0 Å². The number of aromatic nitrogens is 1. The first-order chi connectivity index (χ1) is 7.65. The van der Waals surface area contributed by atoms with Gasteiger partial charge in [-0.1, -0.05) is 18.5 Å². The molecule has 0 radical (unpaired) electrons. The minimum atomic E-state index is 0.737. The Morgan fingerprint density at radius 1 is 1.38 bits per heavy atom. The van der Waals surface area contributed by atoms with Crippen molar-refractivity contribution in [2.24, 2.45) is 5.84 Å². The molecular formula is C12H14ClN3. The molecule has 0 spiro atoms. The van der Waals surface area contributed by atoms with Gasteiger partial charge in [-0.15, -0.1) is 0 Å². The predicted octanol–water partition coefficient (Wildman–Crippen LogP) is 3.04. The molecule has 0 bridgehead atoms. The fourth-order valence-corrected chi connectivity index (χ4v) is 2.14. The first-order valence-corrected chi connectivity index (χ1v) is 5.60. The third-order valence-electron chi connectivity index (χ3n) is 2.67. The molecule has 0 aliphatic heterocycles. The summed E-state index contributed by atoms with van der Waals surface area (Å²) in [5.74, 6) is 6.20. The third-order valence-corrected chi connectivity index (χ3v) is 2.89. The van der Waals surface area contributed by atoms with E-state index < -0.39 is 0 Å². The lowest BCUT2D eigenvalue weighted by molar-refractivity contribution is 1.10. The number of hydrogen-bond donors (Lipinski definition) is 2. The molecule has 0 amide bonds. The van der Waals surface area contributed by atoms with Gasteiger partial charge < -0.3 is 5.43 Å². The van der Waals surface area contributed by atoms with Crippen LogP contribution in [0.15, 0.2) is 18.2 Å². The Morgan fingerprint density at radius 2 is 2.12 bits per heavy atom. The number of rotatable bonds is 2. The average Bonchev–Trinajstić information content (AvgIpc) is 2.27. The van der Waals surface area contributed by atoms with E-state index in [0.29, 0.717) is 0 Å². The number of hydrazine groups is 1. The normalized spacial score (nSPS) is 10.8. The van der Waals surface area contributed by atoms with E-state index in [2.05, 4.69) is 23.4 Å². The van der Waals surface area contributed by atoms with Gasteiger partial charge in [0, 0.05) is 10.4 Å². The quantitative estimate of drug-likeness (QED) is 0.621. The molecule has 2 aromatic rings. The fraction of sp³-hybridized carbons (Fsp3) is 0.250. The summed E-state index contributed by atoms with van der Waals surface area (Å²) in [6, 6.07) is 5.91. The number of halogens is 1. The molecule has 0 aliphatic rings. The van der Waals surface area contributed by atoms with Crippen molar-refractivity contribution in [1.82, 2.24) is 4.98 Å². The third kappa shape index (κ3) is 1.84. The van der Waals surface area contributed by atoms with Gasteiger partial charge in [-0.05, 0) is 42.7 Å². The molecule has 0 saturated carbocycles. The molecule has 3 nitrogen and oxygen atoms in total. The van der Waals surface area contributed by atoms with Crippen molar-refractivity contribution < 1.29 is 0 Å². The highest BCUT2D eigenvalue weighted by Gasteiger charge is 2.07. The van der Waals surface area contributed by atoms with E-state index in [-0.39, 0.29) is 0 Å². The van der Waals surface area contributed by atoms with Gasteiger partial charge in [0.05, 0.1) is 5.52 Å². The Balaban J connectivity index is 2.78. The van der Waals surface area contributed by atoms with Crippen molar-refractivity contribution in [3.05, 3.63) is 34.3 Å². The van der Waals surface area contributed by atoms with Gasteiger partial charge in [0.25, 0.3) is 0 Å². The van der Waals surface area contributed by atoms with E-state index in [1.54, 1.807) is 0 Å². The molecule has 1 aromatic heterocycles. The van der Waals surface area contributed by atoms with Crippen LogP contribution in [-0.2, 0) is 6.42 Å². The Hall–Kier alpha value is -1.32. The van der Waals surface area contributed by atoms with Crippen molar-refractivity contribution in [3.63, 3.8) is 0 Å². The summed E-state index contributed by atoms with van der Waals surface area (Å²) in [7, 11) is 0. The maximum Gasteiger partial charge on any atom is 0.143 e. The number of nitrogens with zero attached hydrogens (tertiary/aromatic N) is 1. The van der Waals surface area contributed by atoms with E-state index in [9.17, 15) is 0 Å². The van der Waals surface area contributed by atoms with Gasteiger partial charge in [-0.25, -0.2) is 10.8 Å². The number of fused-ring (bicyclic) bond motifs is 1. The van der Waals surface area contributed by atoms with Gasteiger partial charge in [-0.3, -0.25) is 0 Å². The first-order valence-electron chi connectivity index (χ1n) is 5.22. The van der Waals surface area contributed by atoms with Crippen LogP contribution in [0.5, 0.6) is 0 Å². The number of aryl methyl sites for hydroxylation is 2. The second kappa shape index (κ2) is 4.28. The van der Waals surface area contributed by atoms with Crippen molar-refractivity contribution in [3.8, 4) is 0 Å². The summed E-state index contributed by atoms with van der Waals surface area (Å²) >= 11 is 6.03. The molecule has 1 aromatic carbocycles. The van der Waals surface area contributed by atoms with Crippen molar-refractivity contribution in [1.29, 1.82) is 0 Å². The predicted molar refractivity (Wildman–Crippen MR) is 68.7 cm³/mol. The summed E-state index contributed by atoms with van der Waals surface area (Å²) in [6.07, 6.45) is 0.883. The highest BCUT2D eigenvalue weighted by Crippen LogP contribution is 2.26. The van der Waals surface area contributed by atoms with Crippen LogP contribution in [0, 0.1) is 6.92 Å². The van der Waals surface area contributed by atoms with Crippen LogP contribution < -0.4 is 11.3 Å². The number of pyridine rings is 1. The molecule has 0 aliphatic carbocycles.